The highest BCUT2D eigenvalue weighted by Gasteiger charge is 2.30. The molecule has 0 aromatic heterocycles. The highest BCUT2D eigenvalue weighted by molar-refractivity contribution is 5.94. The smallest absolute Gasteiger partial charge is 0.416 e. The van der Waals surface area contributed by atoms with Gasteiger partial charge in [0.15, 0.2) is 13.1 Å². The van der Waals surface area contributed by atoms with Crippen molar-refractivity contribution in [2.45, 2.75) is 6.92 Å². The van der Waals surface area contributed by atoms with Crippen molar-refractivity contribution in [3.05, 3.63) is 29.8 Å². The number of imide groups is 1. The number of cyclic esters (lactones) is 1. The molecule has 1 aromatic carbocycles. The number of quaternary nitrogens is 1. The average Bonchev–Trinajstić information content (AvgIpc) is 2.87. The Morgan fingerprint density at radius 1 is 1.27 bits per heavy atom. The van der Waals surface area contributed by atoms with Crippen LogP contribution in [0.4, 0.5) is 10.5 Å². The Kier molecular flexibility index (Phi) is 5.11. The molecule has 1 aliphatic heterocycles. The van der Waals surface area contributed by atoms with E-state index in [2.05, 4.69) is 5.32 Å². The third kappa shape index (κ3) is 4.29. The zero-order valence-corrected chi connectivity index (χ0v) is 12.7. The molecule has 0 spiro atoms. The molecule has 0 radical (unpaired) electrons. The van der Waals surface area contributed by atoms with Crippen molar-refractivity contribution in [3.8, 4) is 0 Å². The topological polar surface area (TPSA) is 80.2 Å². The fourth-order valence-corrected chi connectivity index (χ4v) is 2.15. The van der Waals surface area contributed by atoms with Gasteiger partial charge in [0, 0.05) is 5.69 Å². The molecule has 22 heavy (non-hydrogen) atoms. The van der Waals surface area contributed by atoms with Crippen LogP contribution in [0.3, 0.4) is 0 Å². The van der Waals surface area contributed by atoms with E-state index in [0.29, 0.717) is 4.90 Å². The van der Waals surface area contributed by atoms with E-state index in [-0.39, 0.29) is 38.1 Å². The summed E-state index contributed by atoms with van der Waals surface area (Å²) in [6.07, 6.45) is -0.609. The average molecular weight is 306 g/mol. The zero-order chi connectivity index (χ0) is 16.1. The van der Waals surface area contributed by atoms with Crippen LogP contribution >= 0.6 is 0 Å². The Bertz CT molecular complexity index is 571. The van der Waals surface area contributed by atoms with Crippen molar-refractivity contribution in [3.63, 3.8) is 0 Å². The molecule has 0 aliphatic carbocycles. The summed E-state index contributed by atoms with van der Waals surface area (Å²) in [5.74, 6) is -0.513. The third-order valence-electron chi connectivity index (χ3n) is 3.31. The molecule has 0 saturated carbocycles. The van der Waals surface area contributed by atoms with Crippen LogP contribution < -0.4 is 10.2 Å². The number of carbonyl (C=O) groups excluding carboxylic acids is 3. The number of likely N-dealkylation sites (N-methyl/N-ethyl adjacent to an activating group) is 1. The summed E-state index contributed by atoms with van der Waals surface area (Å²) in [5.41, 5.74) is 1.83. The summed E-state index contributed by atoms with van der Waals surface area (Å²) in [5, 5.41) is 2.78. The van der Waals surface area contributed by atoms with Crippen LogP contribution in [-0.4, -0.2) is 56.1 Å². The first-order chi connectivity index (χ1) is 10.5. The molecule has 1 heterocycles. The molecule has 2 N–H and O–H groups in total. The minimum Gasteiger partial charge on any atom is -0.447 e. The molecule has 1 unspecified atom stereocenters. The predicted octanol–water partition coefficient (Wildman–Crippen LogP) is -0.573. The Hall–Kier alpha value is -2.41. The van der Waals surface area contributed by atoms with E-state index in [9.17, 15) is 14.4 Å². The van der Waals surface area contributed by atoms with Crippen molar-refractivity contribution in [1.82, 2.24) is 4.90 Å². The lowest BCUT2D eigenvalue weighted by Crippen LogP contribution is -3.11. The monoisotopic (exact) mass is 306 g/mol. The number of aryl methyl sites for hydroxylation is 1. The molecule has 3 amide bonds. The molecule has 7 heteroatoms. The highest BCUT2D eigenvalue weighted by Crippen LogP contribution is 2.07. The van der Waals surface area contributed by atoms with Gasteiger partial charge in [0.25, 0.3) is 11.8 Å². The number of hydrogen-bond acceptors (Lipinski definition) is 4. The molecule has 1 fully saturated rings. The van der Waals surface area contributed by atoms with Crippen LogP contribution in [0.25, 0.3) is 0 Å². The maximum absolute atomic E-state index is 11.9. The first kappa shape index (κ1) is 16.0. The molecule has 1 atom stereocenters. The number of ether oxygens (including phenoxy) is 1. The lowest BCUT2D eigenvalue weighted by atomic mass is 10.2. The van der Waals surface area contributed by atoms with Gasteiger partial charge in [-0.1, -0.05) is 17.7 Å². The zero-order valence-electron chi connectivity index (χ0n) is 12.7. The van der Waals surface area contributed by atoms with E-state index < -0.39 is 6.09 Å². The second-order valence-corrected chi connectivity index (χ2v) is 5.38. The van der Waals surface area contributed by atoms with E-state index in [0.717, 1.165) is 16.2 Å². The van der Waals surface area contributed by atoms with E-state index in [1.54, 1.807) is 7.05 Å². The molecule has 0 bridgehead atoms. The van der Waals surface area contributed by atoms with Crippen molar-refractivity contribution < 1.29 is 24.0 Å². The molecular formula is C15H20N3O4+. The van der Waals surface area contributed by atoms with Gasteiger partial charge < -0.3 is 15.0 Å². The fourth-order valence-electron chi connectivity index (χ4n) is 2.15. The molecule has 118 valence electrons. The van der Waals surface area contributed by atoms with Crippen molar-refractivity contribution in [1.29, 1.82) is 0 Å². The van der Waals surface area contributed by atoms with Crippen molar-refractivity contribution >= 4 is 23.6 Å². The standard InChI is InChI=1S/C15H19N3O4/c1-11-3-5-12(6-4-11)16-13(19)9-17(2)10-14(20)18-7-8-22-15(18)21/h3-6H,7-10H2,1-2H3,(H,16,19)/p+1. The minimum atomic E-state index is -0.609. The largest absolute Gasteiger partial charge is 0.447 e. The number of nitrogens with one attached hydrogen (secondary N) is 2. The molecule has 1 aliphatic rings. The Morgan fingerprint density at radius 3 is 2.55 bits per heavy atom. The Labute approximate surface area is 128 Å². The summed E-state index contributed by atoms with van der Waals surface area (Å²) >= 11 is 0. The van der Waals surface area contributed by atoms with Crippen LogP contribution in [0.15, 0.2) is 24.3 Å². The molecule has 1 aromatic rings. The SMILES string of the molecule is Cc1ccc(NC(=O)C[NH+](C)CC(=O)N2CCOC2=O)cc1. The van der Waals surface area contributed by atoms with E-state index in [4.69, 9.17) is 4.74 Å². The number of carbonyl (C=O) groups is 3. The molecule has 2 rings (SSSR count). The van der Waals surface area contributed by atoms with Gasteiger partial charge in [-0.2, -0.15) is 0 Å². The maximum atomic E-state index is 11.9. The summed E-state index contributed by atoms with van der Waals surface area (Å²) in [6, 6.07) is 7.48. The lowest BCUT2D eigenvalue weighted by molar-refractivity contribution is -0.862. The van der Waals surface area contributed by atoms with E-state index in [1.807, 2.05) is 31.2 Å². The van der Waals surface area contributed by atoms with Gasteiger partial charge in [-0.3, -0.25) is 9.59 Å². The number of anilines is 1. The van der Waals surface area contributed by atoms with Crippen LogP contribution in [0, 0.1) is 6.92 Å². The van der Waals surface area contributed by atoms with Gasteiger partial charge in [-0.05, 0) is 19.1 Å². The minimum absolute atomic E-state index is 0.0659. The first-order valence-electron chi connectivity index (χ1n) is 7.10. The summed E-state index contributed by atoms with van der Waals surface area (Å²) in [7, 11) is 1.73. The van der Waals surface area contributed by atoms with Gasteiger partial charge in [-0.25, -0.2) is 9.69 Å². The molecule has 1 saturated heterocycles. The maximum Gasteiger partial charge on any atom is 0.416 e. The van der Waals surface area contributed by atoms with Crippen LogP contribution in [-0.2, 0) is 14.3 Å². The van der Waals surface area contributed by atoms with Gasteiger partial charge >= 0.3 is 6.09 Å². The summed E-state index contributed by atoms with van der Waals surface area (Å²) in [6.45, 7) is 2.69. The lowest BCUT2D eigenvalue weighted by Gasteiger charge is -2.16. The Morgan fingerprint density at radius 2 is 1.95 bits per heavy atom. The van der Waals surface area contributed by atoms with Crippen LogP contribution in [0.2, 0.25) is 0 Å². The van der Waals surface area contributed by atoms with Gasteiger partial charge in [0.1, 0.15) is 6.61 Å². The molecular weight excluding hydrogens is 286 g/mol. The van der Waals surface area contributed by atoms with Crippen LogP contribution in [0.1, 0.15) is 5.56 Å². The van der Waals surface area contributed by atoms with Gasteiger partial charge in [-0.15, -0.1) is 0 Å². The second-order valence-electron chi connectivity index (χ2n) is 5.38. The van der Waals surface area contributed by atoms with Crippen LogP contribution in [0.5, 0.6) is 0 Å². The number of benzene rings is 1. The Balaban J connectivity index is 1.79. The second kappa shape index (κ2) is 7.04. The summed E-state index contributed by atoms with van der Waals surface area (Å²) < 4.78 is 4.72. The highest BCUT2D eigenvalue weighted by atomic mass is 16.6. The van der Waals surface area contributed by atoms with Crippen molar-refractivity contribution in [2.24, 2.45) is 0 Å². The number of hydrogen-bond donors (Lipinski definition) is 2. The number of amides is 3. The van der Waals surface area contributed by atoms with E-state index in [1.165, 1.54) is 0 Å². The van der Waals surface area contributed by atoms with Gasteiger partial charge in [0.05, 0.1) is 13.6 Å². The molecule has 7 nitrogen and oxygen atoms in total. The summed E-state index contributed by atoms with van der Waals surface area (Å²) in [4.78, 5) is 36.9. The van der Waals surface area contributed by atoms with Crippen molar-refractivity contribution in [2.75, 3.05) is 38.6 Å². The quantitative estimate of drug-likeness (QED) is 0.763. The van der Waals surface area contributed by atoms with E-state index >= 15 is 0 Å². The number of rotatable bonds is 5. The fraction of sp³-hybridized carbons (Fsp3) is 0.400. The predicted molar refractivity (Wildman–Crippen MR) is 79.5 cm³/mol. The van der Waals surface area contributed by atoms with Gasteiger partial charge in [0.2, 0.25) is 0 Å². The normalized spacial score (nSPS) is 15.4. The third-order valence-corrected chi connectivity index (χ3v) is 3.31. The number of nitrogens with zero attached hydrogens (tertiary/aromatic N) is 1. The first-order valence-corrected chi connectivity index (χ1v) is 7.10.